The molecule has 0 N–H and O–H groups in total. The molecule has 0 saturated carbocycles. The van der Waals surface area contributed by atoms with Gasteiger partial charge in [0.1, 0.15) is 5.82 Å². The van der Waals surface area contributed by atoms with Crippen molar-refractivity contribution in [3.63, 3.8) is 0 Å². The Morgan fingerprint density at radius 3 is 2.64 bits per heavy atom. The molecule has 0 spiro atoms. The molecule has 0 atom stereocenters. The summed E-state index contributed by atoms with van der Waals surface area (Å²) in [5.41, 5.74) is 0.987. The minimum Gasteiger partial charge on any atom is -0.298 e. The van der Waals surface area contributed by atoms with Crippen molar-refractivity contribution in [2.45, 2.75) is 0 Å². The Morgan fingerprint density at radius 1 is 1.36 bits per heavy atom. The lowest BCUT2D eigenvalue weighted by Crippen LogP contribution is -1.86. The third kappa shape index (κ3) is 1.52. The first-order valence-electron chi connectivity index (χ1n) is 3.15. The molecule has 0 aromatic heterocycles. The van der Waals surface area contributed by atoms with E-state index in [9.17, 15) is 9.18 Å². The van der Waals surface area contributed by atoms with Crippen LogP contribution in [-0.4, -0.2) is 6.29 Å². The highest BCUT2D eigenvalue weighted by molar-refractivity contribution is 5.81. The average Bonchev–Trinajstić information content (AvgIpc) is 2.04. The molecule has 0 radical (unpaired) electrons. The zero-order chi connectivity index (χ0) is 8.27. The summed E-state index contributed by atoms with van der Waals surface area (Å²) in [7, 11) is 0. The minimum atomic E-state index is -0.405. The SMILES string of the molecule is C=Cc1ccc(F)cc1C=O. The summed E-state index contributed by atoms with van der Waals surface area (Å²) in [6, 6.07) is 4.00. The van der Waals surface area contributed by atoms with Gasteiger partial charge < -0.3 is 0 Å². The normalized spacial score (nSPS) is 9.18. The zero-order valence-electron chi connectivity index (χ0n) is 5.88. The van der Waals surface area contributed by atoms with Crippen LogP contribution in [-0.2, 0) is 0 Å². The Bertz CT molecular complexity index is 292. The Balaban J connectivity index is 3.26. The summed E-state index contributed by atoms with van der Waals surface area (Å²) < 4.78 is 12.5. The van der Waals surface area contributed by atoms with E-state index >= 15 is 0 Å². The van der Waals surface area contributed by atoms with Crippen LogP contribution in [0, 0.1) is 5.82 Å². The highest BCUT2D eigenvalue weighted by Gasteiger charge is 1.98. The molecule has 0 aliphatic carbocycles. The number of halogens is 1. The molecule has 0 aliphatic heterocycles. The van der Waals surface area contributed by atoms with Gasteiger partial charge in [-0.2, -0.15) is 0 Å². The molecule has 56 valence electrons. The summed E-state index contributed by atoms with van der Waals surface area (Å²) in [6.07, 6.45) is 2.13. The number of carbonyl (C=O) groups is 1. The lowest BCUT2D eigenvalue weighted by atomic mass is 10.1. The molecule has 0 amide bonds. The lowest BCUT2D eigenvalue weighted by molar-refractivity contribution is 0.112. The van der Waals surface area contributed by atoms with E-state index in [1.54, 1.807) is 0 Å². The van der Waals surface area contributed by atoms with Gasteiger partial charge in [0.05, 0.1) is 0 Å². The second-order valence-corrected chi connectivity index (χ2v) is 2.10. The number of aldehydes is 1. The molecule has 0 heterocycles. The van der Waals surface area contributed by atoms with Crippen LogP contribution in [0.15, 0.2) is 24.8 Å². The van der Waals surface area contributed by atoms with Gasteiger partial charge in [-0.05, 0) is 17.7 Å². The van der Waals surface area contributed by atoms with E-state index in [0.717, 1.165) is 0 Å². The van der Waals surface area contributed by atoms with Gasteiger partial charge in [-0.3, -0.25) is 4.79 Å². The van der Waals surface area contributed by atoms with E-state index in [1.807, 2.05) is 0 Å². The Kier molecular flexibility index (Phi) is 2.16. The van der Waals surface area contributed by atoms with E-state index in [-0.39, 0.29) is 0 Å². The maximum atomic E-state index is 12.5. The molecular formula is C9H7FO. The van der Waals surface area contributed by atoms with Gasteiger partial charge >= 0.3 is 0 Å². The van der Waals surface area contributed by atoms with Gasteiger partial charge in [0, 0.05) is 5.56 Å². The van der Waals surface area contributed by atoms with Gasteiger partial charge in [0.15, 0.2) is 6.29 Å². The molecule has 1 rings (SSSR count). The molecule has 0 fully saturated rings. The van der Waals surface area contributed by atoms with Crippen LogP contribution < -0.4 is 0 Å². The molecule has 0 bridgehead atoms. The molecule has 0 aliphatic rings. The highest BCUT2D eigenvalue weighted by atomic mass is 19.1. The highest BCUT2D eigenvalue weighted by Crippen LogP contribution is 2.09. The zero-order valence-corrected chi connectivity index (χ0v) is 5.88. The summed E-state index contributed by atoms with van der Waals surface area (Å²) in [6.45, 7) is 3.49. The maximum absolute atomic E-state index is 12.5. The first-order chi connectivity index (χ1) is 5.27. The van der Waals surface area contributed by atoms with Crippen LogP contribution in [0.4, 0.5) is 4.39 Å². The number of hydrogen-bond donors (Lipinski definition) is 0. The monoisotopic (exact) mass is 150 g/mol. The number of hydrogen-bond acceptors (Lipinski definition) is 1. The molecule has 1 aromatic rings. The molecule has 1 nitrogen and oxygen atoms in total. The lowest BCUT2D eigenvalue weighted by Gasteiger charge is -1.96. The second-order valence-electron chi connectivity index (χ2n) is 2.10. The third-order valence-electron chi connectivity index (χ3n) is 1.40. The van der Waals surface area contributed by atoms with E-state index in [2.05, 4.69) is 6.58 Å². The van der Waals surface area contributed by atoms with Gasteiger partial charge in [0.2, 0.25) is 0 Å². The topological polar surface area (TPSA) is 17.1 Å². The van der Waals surface area contributed by atoms with E-state index in [0.29, 0.717) is 17.4 Å². The van der Waals surface area contributed by atoms with E-state index in [4.69, 9.17) is 0 Å². The number of benzene rings is 1. The third-order valence-corrected chi connectivity index (χ3v) is 1.40. The van der Waals surface area contributed by atoms with E-state index < -0.39 is 5.82 Å². The quantitative estimate of drug-likeness (QED) is 0.591. The van der Waals surface area contributed by atoms with Crippen molar-refractivity contribution < 1.29 is 9.18 Å². The van der Waals surface area contributed by atoms with Crippen molar-refractivity contribution in [1.82, 2.24) is 0 Å². The fraction of sp³-hybridized carbons (Fsp3) is 0. The standard InChI is InChI=1S/C9H7FO/c1-2-7-3-4-9(10)5-8(7)6-11/h2-6H,1H2. The van der Waals surface area contributed by atoms with Crippen LogP contribution in [0.3, 0.4) is 0 Å². The largest absolute Gasteiger partial charge is 0.298 e. The molecule has 1 aromatic carbocycles. The molecular weight excluding hydrogens is 143 g/mol. The molecule has 0 saturated heterocycles. The van der Waals surface area contributed by atoms with Crippen molar-refractivity contribution in [3.05, 3.63) is 41.7 Å². The average molecular weight is 150 g/mol. The fourth-order valence-corrected chi connectivity index (χ4v) is 0.834. The van der Waals surface area contributed by atoms with Crippen molar-refractivity contribution in [1.29, 1.82) is 0 Å². The number of rotatable bonds is 2. The number of carbonyl (C=O) groups excluding carboxylic acids is 1. The smallest absolute Gasteiger partial charge is 0.150 e. The molecule has 0 unspecified atom stereocenters. The van der Waals surface area contributed by atoms with Gasteiger partial charge in [0.25, 0.3) is 0 Å². The van der Waals surface area contributed by atoms with Crippen LogP contribution in [0.25, 0.3) is 6.08 Å². The predicted molar refractivity (Wildman–Crippen MR) is 41.9 cm³/mol. The van der Waals surface area contributed by atoms with Crippen LogP contribution in [0.5, 0.6) is 0 Å². The predicted octanol–water partition coefficient (Wildman–Crippen LogP) is 2.28. The molecule has 2 heteroatoms. The summed E-state index contributed by atoms with van der Waals surface area (Å²) >= 11 is 0. The van der Waals surface area contributed by atoms with Crippen molar-refractivity contribution >= 4 is 12.4 Å². The minimum absolute atomic E-state index is 0.333. The van der Waals surface area contributed by atoms with Gasteiger partial charge in [-0.1, -0.05) is 18.7 Å². The van der Waals surface area contributed by atoms with E-state index in [1.165, 1.54) is 24.3 Å². The summed E-state index contributed by atoms with van der Waals surface area (Å²) in [4.78, 5) is 10.3. The Morgan fingerprint density at radius 2 is 2.09 bits per heavy atom. The maximum Gasteiger partial charge on any atom is 0.150 e. The van der Waals surface area contributed by atoms with Crippen molar-refractivity contribution in [2.75, 3.05) is 0 Å². The Hall–Kier alpha value is -1.44. The first-order valence-corrected chi connectivity index (χ1v) is 3.15. The first kappa shape index (κ1) is 7.66. The van der Waals surface area contributed by atoms with Gasteiger partial charge in [-0.25, -0.2) is 4.39 Å². The van der Waals surface area contributed by atoms with Crippen LogP contribution in [0.1, 0.15) is 15.9 Å². The Labute approximate surface area is 64.2 Å². The van der Waals surface area contributed by atoms with Crippen molar-refractivity contribution in [3.8, 4) is 0 Å². The summed E-state index contributed by atoms with van der Waals surface area (Å²) in [5.74, 6) is -0.405. The fourth-order valence-electron chi connectivity index (χ4n) is 0.834. The van der Waals surface area contributed by atoms with Crippen LogP contribution >= 0.6 is 0 Å². The second kappa shape index (κ2) is 3.10. The molecule has 11 heavy (non-hydrogen) atoms. The summed E-state index contributed by atoms with van der Waals surface area (Å²) in [5, 5.41) is 0. The van der Waals surface area contributed by atoms with Crippen LogP contribution in [0.2, 0.25) is 0 Å². The van der Waals surface area contributed by atoms with Crippen molar-refractivity contribution in [2.24, 2.45) is 0 Å². The van der Waals surface area contributed by atoms with Gasteiger partial charge in [-0.15, -0.1) is 0 Å².